The molecule has 0 heterocycles. The van der Waals surface area contributed by atoms with Crippen LogP contribution in [0.5, 0.6) is 0 Å². The summed E-state index contributed by atoms with van der Waals surface area (Å²) in [6, 6.07) is 0. The highest BCUT2D eigenvalue weighted by Crippen LogP contribution is 1.73. The van der Waals surface area contributed by atoms with Gasteiger partial charge in [0.2, 0.25) is 5.91 Å². The molecule has 0 saturated heterocycles. The van der Waals surface area contributed by atoms with Crippen LogP contribution in [0.1, 0.15) is 6.42 Å². The Morgan fingerprint density at radius 1 is 1.55 bits per heavy atom. The maximum absolute atomic E-state index is 10.6. The molecule has 0 radical (unpaired) electrons. The molecule has 5 nitrogen and oxygen atoms in total. The van der Waals surface area contributed by atoms with E-state index >= 15 is 0 Å². The first-order valence-electron chi connectivity index (χ1n) is 3.14. The van der Waals surface area contributed by atoms with Gasteiger partial charge >= 0.3 is 0 Å². The quantitative estimate of drug-likeness (QED) is 0.371. The number of carbonyl (C=O) groups is 2. The number of nitrogens with one attached hydrogen (secondary N) is 1. The van der Waals surface area contributed by atoms with Crippen LogP contribution < -0.4 is 11.1 Å². The summed E-state index contributed by atoms with van der Waals surface area (Å²) < 4.78 is 3.36. The Labute approximate surface area is 64.9 Å². The van der Waals surface area contributed by atoms with E-state index in [1.54, 1.807) is 0 Å². The van der Waals surface area contributed by atoms with Crippen molar-refractivity contribution < 1.29 is 14.3 Å². The third-order valence-electron chi connectivity index (χ3n) is 0.949. The van der Waals surface area contributed by atoms with Gasteiger partial charge in [-0.1, -0.05) is 7.11 Å². The Balaban J connectivity index is 3.24. The molecular weight excluding hydrogens is 148 g/mol. The van der Waals surface area contributed by atoms with E-state index < -0.39 is 5.91 Å². The molecule has 2 amide bonds. The van der Waals surface area contributed by atoms with Crippen molar-refractivity contribution in [1.82, 2.24) is 5.32 Å². The molecule has 64 valence electrons. The molecule has 0 spiro atoms. The molecule has 11 heavy (non-hydrogen) atoms. The normalized spacial score (nSPS) is 9.18. The van der Waals surface area contributed by atoms with Crippen LogP contribution in [0.2, 0.25) is 0 Å². The standard InChI is InChI=1S/C6H12N2O3/c1-11-4-6(10)8-3-2-5(7)9/h11H,1-4H2,(H2,7,9)(H,8,10). The van der Waals surface area contributed by atoms with Crippen molar-refractivity contribution in [2.24, 2.45) is 5.73 Å². The topological polar surface area (TPSA) is 85.0 Å². The van der Waals surface area contributed by atoms with E-state index in [2.05, 4.69) is 17.2 Å². The van der Waals surface area contributed by atoms with E-state index in [1.807, 2.05) is 0 Å². The van der Waals surface area contributed by atoms with E-state index in [0.29, 0.717) is 0 Å². The number of aliphatic hydroxyl groups is 2. The van der Waals surface area contributed by atoms with Gasteiger partial charge < -0.3 is 15.8 Å². The van der Waals surface area contributed by atoms with E-state index in [1.165, 1.54) is 0 Å². The van der Waals surface area contributed by atoms with Gasteiger partial charge in [-0.25, -0.2) is 0 Å². The summed E-state index contributed by atoms with van der Waals surface area (Å²) in [5, 5.41) is 2.44. The molecule has 0 atom stereocenters. The van der Waals surface area contributed by atoms with Crippen molar-refractivity contribution >= 4 is 11.8 Å². The zero-order valence-corrected chi connectivity index (χ0v) is 6.17. The van der Waals surface area contributed by atoms with Gasteiger partial charge in [-0.15, -0.1) is 0 Å². The van der Waals surface area contributed by atoms with Crippen LogP contribution in [-0.4, -0.2) is 29.7 Å². The molecule has 0 aromatic carbocycles. The Kier molecular flexibility index (Phi) is 5.10. The molecule has 0 aliphatic rings. The van der Waals surface area contributed by atoms with E-state index in [-0.39, 0.29) is 25.5 Å². The lowest BCUT2D eigenvalue weighted by Crippen LogP contribution is -2.31. The third kappa shape index (κ3) is 6.79. The first-order chi connectivity index (χ1) is 5.16. The minimum atomic E-state index is -0.433. The smallest absolute Gasteiger partial charge is 0.294 e. The molecule has 0 saturated carbocycles. The maximum Gasteiger partial charge on any atom is 0.294 e. The second-order valence-electron chi connectivity index (χ2n) is 1.95. The number of primary amides is 1. The first-order valence-corrected chi connectivity index (χ1v) is 3.14. The number of rotatable bonds is 5. The van der Waals surface area contributed by atoms with Gasteiger partial charge in [0.15, 0.2) is 6.61 Å². The Bertz CT molecular complexity index is 147. The molecule has 0 bridgehead atoms. The van der Waals surface area contributed by atoms with Gasteiger partial charge in [0, 0.05) is 13.0 Å². The zero-order chi connectivity index (χ0) is 8.69. The molecular formula is C6H12N2O3. The van der Waals surface area contributed by atoms with Gasteiger partial charge in [0.05, 0.1) is 0 Å². The summed E-state index contributed by atoms with van der Waals surface area (Å²) in [6.45, 7) is 0.294. The minimum Gasteiger partial charge on any atom is -0.575 e. The van der Waals surface area contributed by atoms with Crippen molar-refractivity contribution in [1.29, 1.82) is 0 Å². The van der Waals surface area contributed by atoms with Crippen molar-refractivity contribution in [3.63, 3.8) is 0 Å². The highest BCUT2D eigenvalue weighted by atomic mass is 16.5. The molecule has 0 fully saturated rings. The Morgan fingerprint density at radius 2 is 2.18 bits per heavy atom. The molecule has 0 rings (SSSR count). The van der Waals surface area contributed by atoms with Crippen LogP contribution in [-0.2, 0) is 9.59 Å². The largest absolute Gasteiger partial charge is 0.575 e. The minimum absolute atomic E-state index is 0.0265. The maximum atomic E-state index is 10.6. The van der Waals surface area contributed by atoms with Crippen molar-refractivity contribution in [3.05, 3.63) is 7.11 Å². The average molecular weight is 160 g/mol. The fourth-order valence-corrected chi connectivity index (χ4v) is 0.483. The lowest BCUT2D eigenvalue weighted by molar-refractivity contribution is -0.129. The summed E-state index contributed by atoms with van der Waals surface area (Å²) >= 11 is 0. The van der Waals surface area contributed by atoms with E-state index in [9.17, 15) is 9.59 Å². The fourth-order valence-electron chi connectivity index (χ4n) is 0.483. The van der Waals surface area contributed by atoms with Crippen LogP contribution in [0.15, 0.2) is 0 Å². The molecule has 4 N–H and O–H groups in total. The molecule has 0 aromatic rings. The van der Waals surface area contributed by atoms with Gasteiger partial charge in [0.25, 0.3) is 5.91 Å². The van der Waals surface area contributed by atoms with Crippen molar-refractivity contribution in [3.8, 4) is 0 Å². The molecule has 0 aliphatic carbocycles. The van der Waals surface area contributed by atoms with E-state index in [4.69, 9.17) is 5.73 Å². The van der Waals surface area contributed by atoms with Crippen molar-refractivity contribution in [2.75, 3.05) is 13.2 Å². The van der Waals surface area contributed by atoms with E-state index in [0.717, 1.165) is 0 Å². The van der Waals surface area contributed by atoms with Crippen LogP contribution in [0.25, 0.3) is 0 Å². The highest BCUT2D eigenvalue weighted by Gasteiger charge is 2.00. The summed E-state index contributed by atoms with van der Waals surface area (Å²) in [5.41, 5.74) is 4.83. The SMILES string of the molecule is [CH2-][OH+]CC(=O)NCCC(N)=O. The lowest BCUT2D eigenvalue weighted by Gasteiger charge is -2.01. The summed E-state index contributed by atoms with van der Waals surface area (Å²) in [4.78, 5) is 20.8. The van der Waals surface area contributed by atoms with Crippen molar-refractivity contribution in [2.45, 2.75) is 6.42 Å². The lowest BCUT2D eigenvalue weighted by atomic mass is 10.4. The molecule has 0 aliphatic heterocycles. The van der Waals surface area contributed by atoms with Gasteiger partial charge in [0.1, 0.15) is 0 Å². The fraction of sp³-hybridized carbons (Fsp3) is 0.500. The predicted octanol–water partition coefficient (Wildman–Crippen LogP) is -1.70. The third-order valence-corrected chi connectivity index (χ3v) is 0.949. The first kappa shape index (κ1) is 9.90. The second-order valence-corrected chi connectivity index (χ2v) is 1.95. The number of carbonyl (C=O) groups excluding carboxylic acids is 2. The molecule has 0 aromatic heterocycles. The number of hydrogen-bond acceptors (Lipinski definition) is 2. The highest BCUT2D eigenvalue weighted by molar-refractivity contribution is 5.78. The Morgan fingerprint density at radius 3 is 2.64 bits per heavy atom. The molecule has 0 unspecified atom stereocenters. The number of ether oxygens (including phenoxy) is 1. The van der Waals surface area contributed by atoms with Crippen LogP contribution in [0, 0.1) is 7.11 Å². The summed E-state index contributed by atoms with van der Waals surface area (Å²) in [6.07, 6.45) is 0.156. The monoisotopic (exact) mass is 160 g/mol. The number of nitrogens with two attached hydrogens (primary N) is 1. The second kappa shape index (κ2) is 5.67. The number of amides is 2. The average Bonchev–Trinajstić information content (AvgIpc) is 1.87. The summed E-state index contributed by atoms with van der Waals surface area (Å²) in [5.74, 6) is -0.682. The number of hydrogen-bond donors (Lipinski definition) is 2. The van der Waals surface area contributed by atoms with Gasteiger partial charge in [-0.05, 0) is 0 Å². The Hall–Kier alpha value is -1.10. The molecule has 5 heteroatoms. The predicted molar refractivity (Wildman–Crippen MR) is 39.3 cm³/mol. The summed E-state index contributed by atoms with van der Waals surface area (Å²) in [7, 11) is 3.14. The van der Waals surface area contributed by atoms with Gasteiger partial charge in [-0.3, -0.25) is 9.59 Å². The van der Waals surface area contributed by atoms with Crippen LogP contribution >= 0.6 is 0 Å². The van der Waals surface area contributed by atoms with Gasteiger partial charge in [-0.2, -0.15) is 0 Å². The zero-order valence-electron chi connectivity index (χ0n) is 6.17. The van der Waals surface area contributed by atoms with Crippen LogP contribution in [0.4, 0.5) is 0 Å². The van der Waals surface area contributed by atoms with Crippen LogP contribution in [0.3, 0.4) is 0 Å².